The molecule has 6 nitrogen and oxygen atoms in total. The maximum atomic E-state index is 13.1. The average molecular weight is 752 g/mol. The summed E-state index contributed by atoms with van der Waals surface area (Å²) in [5.41, 5.74) is -0.819. The standard InChI is InChI=1S/C47H93NO5/c1-8-11-14-17-18-21-28-35-44(50)53-47(6,7)37-30-23-25-32-39-48(40-41-49)38-31-24-22-29-36-46(4,5)45(51)52-42-43(33-26-19-15-12-9-2)34-27-20-16-13-10-3/h43,49H,8-42H2,1-7H3. The van der Waals surface area contributed by atoms with E-state index in [4.69, 9.17) is 9.47 Å². The number of carbonyl (C=O) groups excluding carboxylic acids is 2. The molecule has 0 saturated carbocycles. The Morgan fingerprint density at radius 2 is 0.981 bits per heavy atom. The summed E-state index contributed by atoms with van der Waals surface area (Å²) < 4.78 is 11.8. The van der Waals surface area contributed by atoms with Crippen LogP contribution in [0.5, 0.6) is 0 Å². The van der Waals surface area contributed by atoms with E-state index < -0.39 is 5.41 Å². The summed E-state index contributed by atoms with van der Waals surface area (Å²) >= 11 is 0. The molecule has 0 atom stereocenters. The molecule has 0 aromatic rings. The monoisotopic (exact) mass is 752 g/mol. The molecular weight excluding hydrogens is 659 g/mol. The highest BCUT2D eigenvalue weighted by atomic mass is 16.6. The Labute approximate surface area is 331 Å². The van der Waals surface area contributed by atoms with Crippen LogP contribution in [0.2, 0.25) is 0 Å². The number of hydrogen-bond donors (Lipinski definition) is 1. The van der Waals surface area contributed by atoms with E-state index in [2.05, 4.69) is 53.4 Å². The maximum Gasteiger partial charge on any atom is 0.311 e. The second-order valence-electron chi connectivity index (χ2n) is 17.8. The molecular formula is C47H93NO5. The van der Waals surface area contributed by atoms with E-state index in [9.17, 15) is 14.7 Å². The van der Waals surface area contributed by atoms with Crippen molar-refractivity contribution in [1.82, 2.24) is 4.90 Å². The first-order valence-electron chi connectivity index (χ1n) is 23.2. The van der Waals surface area contributed by atoms with Crippen LogP contribution in [0.4, 0.5) is 0 Å². The van der Waals surface area contributed by atoms with Gasteiger partial charge in [0.1, 0.15) is 5.60 Å². The smallest absolute Gasteiger partial charge is 0.311 e. The number of aliphatic hydroxyl groups excluding tert-OH is 1. The highest BCUT2D eigenvalue weighted by Gasteiger charge is 2.29. The lowest BCUT2D eigenvalue weighted by molar-refractivity contribution is -0.157. The summed E-state index contributed by atoms with van der Waals surface area (Å²) in [5.74, 6) is 0.449. The van der Waals surface area contributed by atoms with Crippen LogP contribution >= 0.6 is 0 Å². The third kappa shape index (κ3) is 32.8. The summed E-state index contributed by atoms with van der Waals surface area (Å²) in [5, 5.41) is 9.63. The number of unbranched alkanes of at least 4 members (excludes halogenated alkanes) is 20. The van der Waals surface area contributed by atoms with E-state index in [-0.39, 0.29) is 24.1 Å². The SMILES string of the molecule is CCCCCCCCCC(=O)OC(C)(C)CCCCCCN(CCO)CCCCCCC(C)(C)C(=O)OCC(CCCCCCC)CCCCCCC. The molecule has 316 valence electrons. The van der Waals surface area contributed by atoms with E-state index in [1.807, 2.05) is 0 Å². The molecule has 0 aromatic carbocycles. The zero-order valence-electron chi connectivity index (χ0n) is 36.9. The van der Waals surface area contributed by atoms with Crippen molar-refractivity contribution in [3.63, 3.8) is 0 Å². The van der Waals surface area contributed by atoms with Crippen LogP contribution < -0.4 is 0 Å². The van der Waals surface area contributed by atoms with Crippen LogP contribution in [0.1, 0.15) is 241 Å². The van der Waals surface area contributed by atoms with Gasteiger partial charge in [-0.1, -0.05) is 156 Å². The number of nitrogens with zero attached hydrogens (tertiary/aromatic N) is 1. The number of hydrogen-bond acceptors (Lipinski definition) is 6. The third-order valence-corrected chi connectivity index (χ3v) is 11.3. The molecule has 0 fully saturated rings. The molecule has 0 aliphatic carbocycles. The second-order valence-corrected chi connectivity index (χ2v) is 17.8. The normalized spacial score (nSPS) is 12.3. The first kappa shape index (κ1) is 51.9. The van der Waals surface area contributed by atoms with Crippen molar-refractivity contribution < 1.29 is 24.2 Å². The van der Waals surface area contributed by atoms with E-state index in [1.165, 1.54) is 109 Å². The van der Waals surface area contributed by atoms with Gasteiger partial charge in [-0.25, -0.2) is 0 Å². The molecule has 0 aromatic heterocycles. The molecule has 0 aliphatic heterocycles. The minimum atomic E-state index is -0.431. The lowest BCUT2D eigenvalue weighted by Crippen LogP contribution is -2.29. The number of carbonyl (C=O) groups is 2. The van der Waals surface area contributed by atoms with E-state index in [1.54, 1.807) is 0 Å². The number of esters is 2. The van der Waals surface area contributed by atoms with Crippen molar-refractivity contribution in [2.24, 2.45) is 11.3 Å². The zero-order valence-corrected chi connectivity index (χ0v) is 36.9. The molecule has 53 heavy (non-hydrogen) atoms. The minimum absolute atomic E-state index is 0.0167. The zero-order chi connectivity index (χ0) is 39.5. The van der Waals surface area contributed by atoms with E-state index in [0.29, 0.717) is 18.9 Å². The van der Waals surface area contributed by atoms with Gasteiger partial charge in [-0.3, -0.25) is 9.59 Å². The summed E-state index contributed by atoms with van der Waals surface area (Å²) in [6, 6.07) is 0. The Kier molecular flexibility index (Phi) is 34.5. The predicted octanol–water partition coefficient (Wildman–Crippen LogP) is 13.6. The van der Waals surface area contributed by atoms with Crippen LogP contribution in [-0.4, -0.2) is 60.4 Å². The van der Waals surface area contributed by atoms with Crippen molar-refractivity contribution >= 4 is 11.9 Å². The molecule has 0 aliphatic rings. The van der Waals surface area contributed by atoms with E-state index in [0.717, 1.165) is 96.7 Å². The molecule has 0 radical (unpaired) electrons. The van der Waals surface area contributed by atoms with Gasteiger partial charge in [0, 0.05) is 13.0 Å². The average Bonchev–Trinajstić information content (AvgIpc) is 3.11. The van der Waals surface area contributed by atoms with Crippen LogP contribution in [-0.2, 0) is 19.1 Å². The van der Waals surface area contributed by atoms with Gasteiger partial charge in [-0.05, 0) is 98.1 Å². The van der Waals surface area contributed by atoms with Gasteiger partial charge < -0.3 is 19.5 Å². The van der Waals surface area contributed by atoms with Crippen molar-refractivity contribution in [3.05, 3.63) is 0 Å². The fraction of sp³-hybridized carbons (Fsp3) is 0.957. The first-order valence-corrected chi connectivity index (χ1v) is 23.2. The molecule has 0 bridgehead atoms. The first-order chi connectivity index (χ1) is 25.5. The highest BCUT2D eigenvalue weighted by Crippen LogP contribution is 2.28. The third-order valence-electron chi connectivity index (χ3n) is 11.3. The van der Waals surface area contributed by atoms with Gasteiger partial charge in [0.15, 0.2) is 0 Å². The summed E-state index contributed by atoms with van der Waals surface area (Å²) in [6.45, 7) is 18.6. The van der Waals surface area contributed by atoms with Gasteiger partial charge >= 0.3 is 11.9 Å². The Balaban J connectivity index is 4.24. The summed E-state index contributed by atoms with van der Waals surface area (Å²) in [6.07, 6.45) is 35.1. The van der Waals surface area contributed by atoms with Crippen LogP contribution in [0.25, 0.3) is 0 Å². The molecule has 0 rings (SSSR count). The Hall–Kier alpha value is -1.14. The second kappa shape index (κ2) is 35.3. The summed E-state index contributed by atoms with van der Waals surface area (Å²) in [4.78, 5) is 27.9. The van der Waals surface area contributed by atoms with Crippen molar-refractivity contribution in [2.45, 2.75) is 247 Å². The van der Waals surface area contributed by atoms with Crippen LogP contribution in [0, 0.1) is 11.3 Å². The molecule has 0 saturated heterocycles. The minimum Gasteiger partial charge on any atom is -0.465 e. The maximum absolute atomic E-state index is 13.1. The fourth-order valence-corrected chi connectivity index (χ4v) is 7.48. The topological polar surface area (TPSA) is 76.1 Å². The highest BCUT2D eigenvalue weighted by molar-refractivity contribution is 5.75. The molecule has 0 heterocycles. The van der Waals surface area contributed by atoms with Crippen LogP contribution in [0.3, 0.4) is 0 Å². The van der Waals surface area contributed by atoms with Crippen molar-refractivity contribution in [3.8, 4) is 0 Å². The lowest BCUT2D eigenvalue weighted by atomic mass is 9.86. The quantitative estimate of drug-likeness (QED) is 0.0496. The molecule has 0 unspecified atom stereocenters. The predicted molar refractivity (Wildman–Crippen MR) is 227 cm³/mol. The van der Waals surface area contributed by atoms with Gasteiger partial charge in [-0.15, -0.1) is 0 Å². The summed E-state index contributed by atoms with van der Waals surface area (Å²) in [7, 11) is 0. The Morgan fingerprint density at radius 1 is 0.547 bits per heavy atom. The molecule has 1 N–H and O–H groups in total. The number of ether oxygens (including phenoxy) is 2. The molecule has 0 spiro atoms. The number of aliphatic hydroxyl groups is 1. The van der Waals surface area contributed by atoms with Gasteiger partial charge in [0.05, 0.1) is 18.6 Å². The molecule has 0 amide bonds. The molecule has 6 heteroatoms. The fourth-order valence-electron chi connectivity index (χ4n) is 7.48. The Bertz CT molecular complexity index is 814. The van der Waals surface area contributed by atoms with E-state index >= 15 is 0 Å². The largest absolute Gasteiger partial charge is 0.465 e. The van der Waals surface area contributed by atoms with Crippen LogP contribution in [0.15, 0.2) is 0 Å². The Morgan fingerprint density at radius 3 is 1.49 bits per heavy atom. The lowest BCUT2D eigenvalue weighted by Gasteiger charge is -2.25. The van der Waals surface area contributed by atoms with Crippen molar-refractivity contribution in [2.75, 3.05) is 32.8 Å². The van der Waals surface area contributed by atoms with Gasteiger partial charge in [-0.2, -0.15) is 0 Å². The van der Waals surface area contributed by atoms with Gasteiger partial charge in [0.2, 0.25) is 0 Å². The number of rotatable bonds is 40. The van der Waals surface area contributed by atoms with Crippen molar-refractivity contribution in [1.29, 1.82) is 0 Å². The van der Waals surface area contributed by atoms with Gasteiger partial charge in [0.25, 0.3) is 0 Å².